The molecule has 0 radical (unpaired) electrons. The summed E-state index contributed by atoms with van der Waals surface area (Å²) in [6, 6.07) is 12.1. The zero-order chi connectivity index (χ0) is 21.6. The summed E-state index contributed by atoms with van der Waals surface area (Å²) in [5.41, 5.74) is 8.08. The minimum absolute atomic E-state index is 0.159. The Morgan fingerprint density at radius 2 is 1.72 bits per heavy atom. The van der Waals surface area contributed by atoms with Gasteiger partial charge in [-0.05, 0) is 43.0 Å². The lowest BCUT2D eigenvalue weighted by Gasteiger charge is -2.19. The number of rotatable bonds is 8. The van der Waals surface area contributed by atoms with Crippen molar-refractivity contribution in [1.29, 1.82) is 0 Å². The van der Waals surface area contributed by atoms with Gasteiger partial charge in [0.1, 0.15) is 5.75 Å². The second-order valence-corrected chi connectivity index (χ2v) is 6.96. The van der Waals surface area contributed by atoms with Crippen LogP contribution in [0.2, 0.25) is 0 Å². The molecule has 29 heavy (non-hydrogen) atoms. The van der Waals surface area contributed by atoms with Crippen LogP contribution in [0.5, 0.6) is 5.75 Å². The van der Waals surface area contributed by atoms with Gasteiger partial charge in [0.05, 0.1) is 5.56 Å². The molecule has 2 aromatic rings. The number of esters is 1. The van der Waals surface area contributed by atoms with E-state index in [-0.39, 0.29) is 17.2 Å². The Morgan fingerprint density at radius 3 is 2.38 bits per heavy atom. The molecular formula is C22H26N2O5. The Balaban J connectivity index is 1.97. The molecule has 7 nitrogen and oxygen atoms in total. The highest BCUT2D eigenvalue weighted by atomic mass is 16.6. The largest absolute Gasteiger partial charge is 0.481 e. The lowest BCUT2D eigenvalue weighted by Crippen LogP contribution is -2.32. The molecule has 154 valence electrons. The fraction of sp³-hybridized carbons (Fsp3) is 0.318. The molecule has 0 bridgehead atoms. The number of carbonyl (C=O) groups is 3. The Labute approximate surface area is 170 Å². The molecule has 0 aliphatic carbocycles. The van der Waals surface area contributed by atoms with Crippen LogP contribution in [-0.2, 0) is 14.3 Å². The van der Waals surface area contributed by atoms with E-state index in [1.54, 1.807) is 12.1 Å². The Bertz CT molecular complexity index is 908. The monoisotopic (exact) mass is 398 g/mol. The Kier molecular flexibility index (Phi) is 7.36. The highest BCUT2D eigenvalue weighted by Gasteiger charge is 2.21. The maximum Gasteiger partial charge on any atom is 0.344 e. The number of anilines is 1. The number of hydrogen-bond donors (Lipinski definition) is 2. The quantitative estimate of drug-likeness (QED) is 0.664. The molecule has 0 saturated heterocycles. The number of carbonyl (C=O) groups excluding carboxylic acids is 3. The maximum absolute atomic E-state index is 12.5. The topological polar surface area (TPSA) is 108 Å². The molecule has 2 rings (SSSR count). The molecule has 2 aromatic carbocycles. The minimum atomic E-state index is -1.02. The van der Waals surface area contributed by atoms with Crippen molar-refractivity contribution in [3.05, 3.63) is 59.2 Å². The molecule has 0 spiro atoms. The van der Waals surface area contributed by atoms with E-state index >= 15 is 0 Å². The first-order valence-corrected chi connectivity index (χ1v) is 9.32. The summed E-state index contributed by atoms with van der Waals surface area (Å²) in [6.45, 7) is 7.01. The van der Waals surface area contributed by atoms with Crippen LogP contribution in [0.15, 0.2) is 42.5 Å². The fourth-order valence-electron chi connectivity index (χ4n) is 2.78. The molecule has 1 atom stereocenters. The van der Waals surface area contributed by atoms with Crippen molar-refractivity contribution in [3.63, 3.8) is 0 Å². The average Bonchev–Trinajstić information content (AvgIpc) is 2.67. The second-order valence-electron chi connectivity index (χ2n) is 6.96. The van der Waals surface area contributed by atoms with Gasteiger partial charge in [-0.25, -0.2) is 4.79 Å². The number of primary amides is 1. The Morgan fingerprint density at radius 1 is 1.03 bits per heavy atom. The van der Waals surface area contributed by atoms with Gasteiger partial charge in [0.15, 0.2) is 12.7 Å². The SMILES string of the molecule is Cc1cccc(C(C)C)c1NC(=O)[C@@H](C)OC(=O)COc1ccccc1C(N)=O. The predicted octanol–water partition coefficient (Wildman–Crippen LogP) is 3.17. The third-order valence-electron chi connectivity index (χ3n) is 4.35. The van der Waals surface area contributed by atoms with Crippen molar-refractivity contribution in [3.8, 4) is 5.75 Å². The van der Waals surface area contributed by atoms with E-state index in [4.69, 9.17) is 15.2 Å². The van der Waals surface area contributed by atoms with Gasteiger partial charge >= 0.3 is 5.97 Å². The van der Waals surface area contributed by atoms with Gasteiger partial charge in [0.25, 0.3) is 11.8 Å². The highest BCUT2D eigenvalue weighted by molar-refractivity contribution is 5.97. The molecule has 0 unspecified atom stereocenters. The van der Waals surface area contributed by atoms with E-state index in [1.165, 1.54) is 19.1 Å². The van der Waals surface area contributed by atoms with E-state index in [0.717, 1.165) is 16.8 Å². The van der Waals surface area contributed by atoms with E-state index in [0.29, 0.717) is 0 Å². The van der Waals surface area contributed by atoms with Gasteiger partial charge < -0.3 is 20.5 Å². The van der Waals surface area contributed by atoms with Gasteiger partial charge in [-0.2, -0.15) is 0 Å². The number of nitrogens with two attached hydrogens (primary N) is 1. The molecule has 2 amide bonds. The molecule has 3 N–H and O–H groups in total. The zero-order valence-electron chi connectivity index (χ0n) is 17.0. The maximum atomic E-state index is 12.5. The van der Waals surface area contributed by atoms with Crippen LogP contribution in [0.25, 0.3) is 0 Å². The van der Waals surface area contributed by atoms with Crippen LogP contribution >= 0.6 is 0 Å². The van der Waals surface area contributed by atoms with Crippen LogP contribution in [0.4, 0.5) is 5.69 Å². The average molecular weight is 398 g/mol. The number of amides is 2. The molecule has 0 aliphatic rings. The lowest BCUT2D eigenvalue weighted by atomic mass is 9.98. The first-order valence-electron chi connectivity index (χ1n) is 9.32. The fourth-order valence-corrected chi connectivity index (χ4v) is 2.78. The summed E-state index contributed by atoms with van der Waals surface area (Å²) in [5.74, 6) is -1.44. The van der Waals surface area contributed by atoms with E-state index in [2.05, 4.69) is 5.32 Å². The van der Waals surface area contributed by atoms with Crippen LogP contribution in [0.3, 0.4) is 0 Å². The summed E-state index contributed by atoms with van der Waals surface area (Å²) in [4.78, 5) is 35.9. The van der Waals surface area contributed by atoms with Crippen molar-refractivity contribution in [2.75, 3.05) is 11.9 Å². The summed E-state index contributed by atoms with van der Waals surface area (Å²) in [7, 11) is 0. The number of benzene rings is 2. The molecule has 0 fully saturated rings. The van der Waals surface area contributed by atoms with Gasteiger partial charge in [-0.1, -0.05) is 44.2 Å². The van der Waals surface area contributed by atoms with Crippen molar-refractivity contribution in [1.82, 2.24) is 0 Å². The van der Waals surface area contributed by atoms with Gasteiger partial charge in [0, 0.05) is 5.69 Å². The van der Waals surface area contributed by atoms with Crippen molar-refractivity contribution in [2.24, 2.45) is 5.73 Å². The first-order chi connectivity index (χ1) is 13.7. The molecule has 0 aromatic heterocycles. The minimum Gasteiger partial charge on any atom is -0.481 e. The van der Waals surface area contributed by atoms with Gasteiger partial charge in [-0.3, -0.25) is 9.59 Å². The molecular weight excluding hydrogens is 372 g/mol. The summed E-state index contributed by atoms with van der Waals surface area (Å²) in [5, 5.41) is 2.84. The highest BCUT2D eigenvalue weighted by Crippen LogP contribution is 2.27. The van der Waals surface area contributed by atoms with E-state index < -0.39 is 30.5 Å². The Hall–Kier alpha value is -3.35. The van der Waals surface area contributed by atoms with Crippen molar-refractivity contribution < 1.29 is 23.9 Å². The normalized spacial score (nSPS) is 11.6. The first kappa shape index (κ1) is 21.9. The van der Waals surface area contributed by atoms with Crippen LogP contribution in [0, 0.1) is 6.92 Å². The smallest absolute Gasteiger partial charge is 0.344 e. The molecule has 7 heteroatoms. The van der Waals surface area contributed by atoms with Crippen LogP contribution in [-0.4, -0.2) is 30.5 Å². The lowest BCUT2D eigenvalue weighted by molar-refractivity contribution is -0.155. The summed E-state index contributed by atoms with van der Waals surface area (Å²) in [6.07, 6.45) is -1.02. The second kappa shape index (κ2) is 9.73. The number of hydrogen-bond acceptors (Lipinski definition) is 5. The number of nitrogens with one attached hydrogen (secondary N) is 1. The van der Waals surface area contributed by atoms with Crippen LogP contribution < -0.4 is 15.8 Å². The van der Waals surface area contributed by atoms with E-state index in [1.807, 2.05) is 39.0 Å². The third-order valence-corrected chi connectivity index (χ3v) is 4.35. The molecule has 0 saturated carbocycles. The zero-order valence-corrected chi connectivity index (χ0v) is 17.0. The number of ether oxygens (including phenoxy) is 2. The van der Waals surface area contributed by atoms with Gasteiger partial charge in [-0.15, -0.1) is 0 Å². The summed E-state index contributed by atoms with van der Waals surface area (Å²) >= 11 is 0. The number of aryl methyl sites for hydroxylation is 1. The van der Waals surface area contributed by atoms with Crippen molar-refractivity contribution >= 4 is 23.5 Å². The predicted molar refractivity (Wildman–Crippen MR) is 110 cm³/mol. The standard InChI is InChI=1S/C22H26N2O5/c1-13(2)16-10-7-8-14(3)20(16)24-22(27)15(4)29-19(25)12-28-18-11-6-5-9-17(18)21(23)26/h5-11,13,15H,12H2,1-4H3,(H2,23,26)(H,24,27)/t15-/m1/s1. The molecule has 0 aliphatic heterocycles. The third kappa shape index (κ3) is 5.81. The summed E-state index contributed by atoms with van der Waals surface area (Å²) < 4.78 is 10.5. The molecule has 0 heterocycles. The van der Waals surface area contributed by atoms with E-state index in [9.17, 15) is 14.4 Å². The van der Waals surface area contributed by atoms with Crippen molar-refractivity contribution in [2.45, 2.75) is 39.7 Å². The number of para-hydroxylation sites is 2. The van der Waals surface area contributed by atoms with Gasteiger partial charge in [0.2, 0.25) is 0 Å². The van der Waals surface area contributed by atoms with Crippen LogP contribution in [0.1, 0.15) is 48.2 Å².